The quantitative estimate of drug-likeness (QED) is 0.806. The van der Waals surface area contributed by atoms with Crippen molar-refractivity contribution in [3.05, 3.63) is 71.8 Å². The molecule has 4 rings (SSSR count). The van der Waals surface area contributed by atoms with E-state index in [9.17, 15) is 4.79 Å². The van der Waals surface area contributed by atoms with Crippen LogP contribution in [-0.4, -0.2) is 44.1 Å². The Hall–Kier alpha value is -2.09. The third-order valence-corrected chi connectivity index (χ3v) is 4.73. The summed E-state index contributed by atoms with van der Waals surface area (Å²) in [5, 5.41) is 0. The van der Waals surface area contributed by atoms with Crippen molar-refractivity contribution in [2.75, 3.05) is 13.7 Å². The van der Waals surface area contributed by atoms with Crippen molar-refractivity contribution in [3.63, 3.8) is 0 Å². The molecule has 27 heavy (non-hydrogen) atoms. The predicted molar refractivity (Wildman–Crippen MR) is 95.7 cm³/mol. The fourth-order valence-corrected chi connectivity index (χ4v) is 3.35. The molecule has 2 aromatic rings. The summed E-state index contributed by atoms with van der Waals surface area (Å²) in [4.78, 5) is 12.8. The first kappa shape index (κ1) is 18.3. The lowest BCUT2D eigenvalue weighted by molar-refractivity contribution is -0.321. The van der Waals surface area contributed by atoms with Gasteiger partial charge in [-0.3, -0.25) is 4.79 Å². The molecule has 2 saturated heterocycles. The molecule has 0 N–H and O–H groups in total. The molecule has 0 spiro atoms. The van der Waals surface area contributed by atoms with Crippen LogP contribution in [-0.2, 0) is 35.1 Å². The van der Waals surface area contributed by atoms with Crippen molar-refractivity contribution in [2.45, 2.75) is 37.5 Å². The third kappa shape index (κ3) is 3.95. The summed E-state index contributed by atoms with van der Waals surface area (Å²) in [7, 11) is 1.44. The molecule has 2 aromatic carbocycles. The number of hydrogen-bond acceptors (Lipinski definition) is 6. The number of ether oxygens (including phenoxy) is 5. The van der Waals surface area contributed by atoms with E-state index in [1.165, 1.54) is 7.11 Å². The van der Waals surface area contributed by atoms with E-state index < -0.39 is 30.9 Å². The fraction of sp³-hybridized carbons (Fsp3) is 0.381. The van der Waals surface area contributed by atoms with Gasteiger partial charge in [-0.05, 0) is 5.56 Å². The average molecular weight is 370 g/mol. The van der Waals surface area contributed by atoms with Crippen LogP contribution in [0.4, 0.5) is 0 Å². The van der Waals surface area contributed by atoms with Gasteiger partial charge in [0.1, 0.15) is 12.2 Å². The van der Waals surface area contributed by atoms with Gasteiger partial charge in [0.15, 0.2) is 12.4 Å². The van der Waals surface area contributed by atoms with Crippen LogP contribution in [0.5, 0.6) is 0 Å². The van der Waals surface area contributed by atoms with E-state index in [0.29, 0.717) is 13.2 Å². The summed E-state index contributed by atoms with van der Waals surface area (Å²) in [6.45, 7) is 0.597. The molecule has 0 saturated carbocycles. The van der Waals surface area contributed by atoms with E-state index in [-0.39, 0.29) is 5.78 Å². The Labute approximate surface area is 157 Å². The molecular weight excluding hydrogens is 348 g/mol. The number of carbonyl (C=O) groups is 1. The number of fused-ring (bicyclic) bond motifs is 1. The smallest absolute Gasteiger partial charge is 0.220 e. The maximum absolute atomic E-state index is 12.8. The molecule has 0 bridgehead atoms. The van der Waals surface area contributed by atoms with Crippen LogP contribution in [0.15, 0.2) is 60.7 Å². The van der Waals surface area contributed by atoms with E-state index in [4.69, 9.17) is 23.7 Å². The fourth-order valence-electron chi connectivity index (χ4n) is 3.35. The largest absolute Gasteiger partial charge is 0.363 e. The number of methoxy groups -OCH3 is 1. The topological polar surface area (TPSA) is 63.2 Å². The maximum Gasteiger partial charge on any atom is 0.220 e. The Morgan fingerprint density at radius 3 is 2.41 bits per heavy atom. The van der Waals surface area contributed by atoms with Crippen molar-refractivity contribution >= 4 is 5.78 Å². The summed E-state index contributed by atoms with van der Waals surface area (Å²) >= 11 is 0. The van der Waals surface area contributed by atoms with Crippen molar-refractivity contribution < 1.29 is 28.5 Å². The van der Waals surface area contributed by atoms with Crippen LogP contribution in [0.1, 0.15) is 17.4 Å². The molecule has 0 radical (unpaired) electrons. The van der Waals surface area contributed by atoms with Crippen LogP contribution in [0.2, 0.25) is 0 Å². The third-order valence-electron chi connectivity index (χ3n) is 4.73. The van der Waals surface area contributed by atoms with Gasteiger partial charge in [-0.15, -0.1) is 0 Å². The first-order valence-corrected chi connectivity index (χ1v) is 8.96. The minimum atomic E-state index is -0.979. The van der Waals surface area contributed by atoms with Crippen molar-refractivity contribution in [1.82, 2.24) is 0 Å². The van der Waals surface area contributed by atoms with E-state index >= 15 is 0 Å². The van der Waals surface area contributed by atoms with Gasteiger partial charge in [0.2, 0.25) is 12.1 Å². The van der Waals surface area contributed by atoms with Gasteiger partial charge in [0.05, 0.1) is 13.2 Å². The molecule has 0 unspecified atom stereocenters. The Morgan fingerprint density at radius 1 is 1.00 bits per heavy atom. The second kappa shape index (κ2) is 8.29. The van der Waals surface area contributed by atoms with Gasteiger partial charge in [-0.25, -0.2) is 0 Å². The minimum Gasteiger partial charge on any atom is -0.363 e. The molecule has 2 fully saturated rings. The minimum absolute atomic E-state index is 0.275. The maximum atomic E-state index is 12.8. The molecule has 6 heteroatoms. The zero-order valence-electron chi connectivity index (χ0n) is 15.0. The molecule has 0 aliphatic carbocycles. The summed E-state index contributed by atoms with van der Waals surface area (Å²) in [5.74, 6) is -0.275. The number of rotatable bonds is 5. The predicted octanol–water partition coefficient (Wildman–Crippen LogP) is 2.63. The number of Topliss-reactive ketones (excluding diaryl/α,β-unsaturated/α-hetero) is 1. The molecule has 2 heterocycles. The van der Waals surface area contributed by atoms with Crippen LogP contribution in [0, 0.1) is 0 Å². The second-order valence-electron chi connectivity index (χ2n) is 6.54. The number of hydrogen-bond donors (Lipinski definition) is 0. The van der Waals surface area contributed by atoms with Gasteiger partial charge in [0, 0.05) is 12.7 Å². The van der Waals surface area contributed by atoms with E-state index in [1.54, 1.807) is 0 Å². The molecule has 5 atom stereocenters. The number of carbonyl (C=O) groups excluding carboxylic acids is 1. The van der Waals surface area contributed by atoms with Crippen molar-refractivity contribution in [2.24, 2.45) is 0 Å². The van der Waals surface area contributed by atoms with Crippen molar-refractivity contribution in [3.8, 4) is 0 Å². The van der Waals surface area contributed by atoms with Crippen LogP contribution in [0.25, 0.3) is 0 Å². The SMILES string of the molecule is CO[C@@H]1O[C@@H]2CO[C@@H](c3ccccc3)O[C@H]2[C@H](OCc2ccccc2)C1=O. The highest BCUT2D eigenvalue weighted by Gasteiger charge is 2.50. The lowest BCUT2D eigenvalue weighted by atomic mass is 9.98. The summed E-state index contributed by atoms with van der Waals surface area (Å²) in [6, 6.07) is 19.3. The zero-order chi connectivity index (χ0) is 18.6. The van der Waals surface area contributed by atoms with Crippen molar-refractivity contribution in [1.29, 1.82) is 0 Å². The highest BCUT2D eigenvalue weighted by Crippen LogP contribution is 2.34. The van der Waals surface area contributed by atoms with E-state index in [1.807, 2.05) is 60.7 Å². The normalized spacial score (nSPS) is 30.7. The lowest BCUT2D eigenvalue weighted by Crippen LogP contribution is -2.61. The number of ketones is 1. The van der Waals surface area contributed by atoms with E-state index in [0.717, 1.165) is 11.1 Å². The Bertz CT molecular complexity index is 750. The molecule has 0 aromatic heterocycles. The van der Waals surface area contributed by atoms with Gasteiger partial charge in [-0.1, -0.05) is 60.7 Å². The Morgan fingerprint density at radius 2 is 1.70 bits per heavy atom. The van der Waals surface area contributed by atoms with Crippen LogP contribution in [0.3, 0.4) is 0 Å². The standard InChI is InChI=1S/C21H22O6/c1-23-21-17(22)19(24-12-14-8-4-2-5-9-14)18-16(26-21)13-25-20(27-18)15-10-6-3-7-11-15/h2-11,16,18-21H,12-13H2,1H3/t16-,18-,19-,20-,21-/m1/s1. The Kier molecular flexibility index (Phi) is 5.61. The summed E-state index contributed by atoms with van der Waals surface area (Å²) < 4.78 is 28.8. The highest BCUT2D eigenvalue weighted by molar-refractivity contribution is 5.87. The van der Waals surface area contributed by atoms with Gasteiger partial charge < -0.3 is 23.7 Å². The van der Waals surface area contributed by atoms with E-state index in [2.05, 4.69) is 0 Å². The second-order valence-corrected chi connectivity index (χ2v) is 6.54. The molecule has 2 aliphatic rings. The first-order valence-electron chi connectivity index (χ1n) is 8.96. The number of benzene rings is 2. The van der Waals surface area contributed by atoms with Crippen LogP contribution < -0.4 is 0 Å². The van der Waals surface area contributed by atoms with Gasteiger partial charge >= 0.3 is 0 Å². The lowest BCUT2D eigenvalue weighted by Gasteiger charge is -2.44. The molecule has 6 nitrogen and oxygen atoms in total. The monoisotopic (exact) mass is 370 g/mol. The summed E-state index contributed by atoms with van der Waals surface area (Å²) in [6.07, 6.45) is -3.33. The summed E-state index contributed by atoms with van der Waals surface area (Å²) in [5.41, 5.74) is 1.87. The zero-order valence-corrected chi connectivity index (χ0v) is 15.0. The Balaban J connectivity index is 1.52. The molecular formula is C21H22O6. The van der Waals surface area contributed by atoms with Gasteiger partial charge in [-0.2, -0.15) is 0 Å². The first-order chi connectivity index (χ1) is 13.3. The van der Waals surface area contributed by atoms with Crippen LogP contribution >= 0.6 is 0 Å². The molecule has 0 amide bonds. The van der Waals surface area contributed by atoms with Gasteiger partial charge in [0.25, 0.3) is 0 Å². The molecule has 142 valence electrons. The molecule has 2 aliphatic heterocycles. The highest BCUT2D eigenvalue weighted by atomic mass is 16.7. The average Bonchev–Trinajstić information content (AvgIpc) is 2.74.